The minimum absolute atomic E-state index is 0.338. The molecule has 116 valence electrons. The van der Waals surface area contributed by atoms with E-state index in [1.165, 1.54) is 18.5 Å². The van der Waals surface area contributed by atoms with Crippen LogP contribution < -0.4 is 5.32 Å². The fourth-order valence-electron chi connectivity index (χ4n) is 3.49. The highest BCUT2D eigenvalue weighted by molar-refractivity contribution is 7.91. The summed E-state index contributed by atoms with van der Waals surface area (Å²) < 4.78 is 23.1. The van der Waals surface area contributed by atoms with Crippen molar-refractivity contribution in [2.45, 2.75) is 25.3 Å². The van der Waals surface area contributed by atoms with E-state index in [4.69, 9.17) is 0 Å². The van der Waals surface area contributed by atoms with Gasteiger partial charge in [-0.05, 0) is 43.9 Å². The van der Waals surface area contributed by atoms with Crippen LogP contribution in [0.4, 0.5) is 5.69 Å². The Labute approximate surface area is 127 Å². The predicted molar refractivity (Wildman–Crippen MR) is 86.3 cm³/mol. The van der Waals surface area contributed by atoms with Gasteiger partial charge in [0.25, 0.3) is 0 Å². The van der Waals surface area contributed by atoms with E-state index >= 15 is 0 Å². The van der Waals surface area contributed by atoms with Gasteiger partial charge in [-0.1, -0.05) is 18.2 Å². The van der Waals surface area contributed by atoms with E-state index < -0.39 is 9.84 Å². The van der Waals surface area contributed by atoms with Crippen LogP contribution >= 0.6 is 0 Å². The monoisotopic (exact) mass is 308 g/mol. The lowest BCUT2D eigenvalue weighted by molar-refractivity contribution is 0.192. The van der Waals surface area contributed by atoms with Crippen LogP contribution in [0, 0.1) is 5.92 Å². The molecular formula is C16H24N2O2S. The predicted octanol–water partition coefficient (Wildman–Crippen LogP) is 2.00. The lowest BCUT2D eigenvalue weighted by Gasteiger charge is -2.35. The summed E-state index contributed by atoms with van der Waals surface area (Å²) in [7, 11) is -2.75. The van der Waals surface area contributed by atoms with E-state index in [1.807, 2.05) is 18.2 Å². The number of anilines is 1. The van der Waals surface area contributed by atoms with Gasteiger partial charge in [-0.3, -0.25) is 0 Å². The van der Waals surface area contributed by atoms with Crippen LogP contribution in [0.15, 0.2) is 30.3 Å². The summed E-state index contributed by atoms with van der Waals surface area (Å²) in [6.45, 7) is 3.06. The van der Waals surface area contributed by atoms with Crippen molar-refractivity contribution in [2.24, 2.45) is 5.92 Å². The van der Waals surface area contributed by atoms with Gasteiger partial charge in [0.15, 0.2) is 9.84 Å². The summed E-state index contributed by atoms with van der Waals surface area (Å²) in [6, 6.07) is 10.8. The minimum Gasteiger partial charge on any atom is -0.381 e. The zero-order chi connectivity index (χ0) is 14.7. The molecular weight excluding hydrogens is 284 g/mol. The SMILES string of the molecule is O=S1(=O)CCC(CN2CCCC(Nc3ccccc3)C2)C1. The molecule has 0 radical (unpaired) electrons. The molecule has 4 nitrogen and oxygen atoms in total. The average molecular weight is 308 g/mol. The Morgan fingerprint density at radius 2 is 2.00 bits per heavy atom. The van der Waals surface area contributed by atoms with Gasteiger partial charge in [-0.2, -0.15) is 0 Å². The maximum Gasteiger partial charge on any atom is 0.150 e. The summed E-state index contributed by atoms with van der Waals surface area (Å²) >= 11 is 0. The standard InChI is InChI=1S/C16H24N2O2S/c19-21(20)10-8-14(13-21)11-18-9-4-7-16(12-18)17-15-5-2-1-3-6-15/h1-3,5-6,14,16-17H,4,7-13H2. The summed E-state index contributed by atoms with van der Waals surface area (Å²) in [5.74, 6) is 1.11. The van der Waals surface area contributed by atoms with Gasteiger partial charge in [-0.15, -0.1) is 0 Å². The molecule has 5 heteroatoms. The van der Waals surface area contributed by atoms with Gasteiger partial charge in [-0.25, -0.2) is 8.42 Å². The second-order valence-electron chi connectivity index (χ2n) is 6.38. The lowest BCUT2D eigenvalue weighted by atomic mass is 10.0. The number of nitrogens with zero attached hydrogens (tertiary/aromatic N) is 1. The molecule has 0 amide bonds. The van der Waals surface area contributed by atoms with Crippen LogP contribution in [0.2, 0.25) is 0 Å². The number of rotatable bonds is 4. The molecule has 21 heavy (non-hydrogen) atoms. The Morgan fingerprint density at radius 3 is 2.71 bits per heavy atom. The largest absolute Gasteiger partial charge is 0.381 e. The van der Waals surface area contributed by atoms with Gasteiger partial charge in [0, 0.05) is 24.8 Å². The topological polar surface area (TPSA) is 49.4 Å². The minimum atomic E-state index is -2.75. The highest BCUT2D eigenvalue weighted by Gasteiger charge is 2.30. The summed E-state index contributed by atoms with van der Waals surface area (Å²) in [4.78, 5) is 2.44. The molecule has 3 rings (SSSR count). The molecule has 2 aliphatic heterocycles. The molecule has 0 saturated carbocycles. The highest BCUT2D eigenvalue weighted by atomic mass is 32.2. The van der Waals surface area contributed by atoms with E-state index in [0.29, 0.717) is 23.5 Å². The second-order valence-corrected chi connectivity index (χ2v) is 8.61. The molecule has 0 spiro atoms. The van der Waals surface area contributed by atoms with Crippen molar-refractivity contribution in [1.29, 1.82) is 0 Å². The first kappa shape index (κ1) is 14.9. The van der Waals surface area contributed by atoms with Gasteiger partial charge in [0.2, 0.25) is 0 Å². The molecule has 0 bridgehead atoms. The second kappa shape index (κ2) is 6.36. The van der Waals surface area contributed by atoms with Crippen LogP contribution in [-0.4, -0.2) is 50.5 Å². The van der Waals surface area contributed by atoms with Crippen molar-refractivity contribution in [3.63, 3.8) is 0 Å². The Bertz CT molecular complexity index is 559. The first-order valence-corrected chi connectivity index (χ1v) is 9.67. The van der Waals surface area contributed by atoms with Crippen LogP contribution in [0.1, 0.15) is 19.3 Å². The summed E-state index contributed by atoms with van der Waals surface area (Å²) in [5.41, 5.74) is 1.17. The fourth-order valence-corrected chi connectivity index (χ4v) is 5.34. The van der Waals surface area contributed by atoms with Crippen molar-refractivity contribution in [3.05, 3.63) is 30.3 Å². The van der Waals surface area contributed by atoms with Crippen molar-refractivity contribution in [3.8, 4) is 0 Å². The molecule has 0 aromatic heterocycles. The van der Waals surface area contributed by atoms with E-state index in [-0.39, 0.29) is 0 Å². The molecule has 0 aliphatic carbocycles. The van der Waals surface area contributed by atoms with E-state index in [0.717, 1.165) is 26.1 Å². The number of piperidine rings is 1. The summed E-state index contributed by atoms with van der Waals surface area (Å²) in [5, 5.41) is 3.59. The fraction of sp³-hybridized carbons (Fsp3) is 0.625. The number of nitrogens with one attached hydrogen (secondary N) is 1. The maximum atomic E-state index is 11.6. The van der Waals surface area contributed by atoms with Crippen LogP contribution in [0.25, 0.3) is 0 Å². The first-order chi connectivity index (χ1) is 10.1. The van der Waals surface area contributed by atoms with Crippen LogP contribution in [0.3, 0.4) is 0 Å². The Morgan fingerprint density at radius 1 is 1.19 bits per heavy atom. The molecule has 2 heterocycles. The maximum absolute atomic E-state index is 11.6. The molecule has 1 aromatic carbocycles. The number of para-hydroxylation sites is 1. The molecule has 2 atom stereocenters. The third-order valence-corrected chi connectivity index (χ3v) is 6.33. The summed E-state index contributed by atoms with van der Waals surface area (Å²) in [6.07, 6.45) is 3.22. The zero-order valence-corrected chi connectivity index (χ0v) is 13.2. The number of sulfone groups is 1. The first-order valence-electron chi connectivity index (χ1n) is 7.85. The third-order valence-electron chi connectivity index (χ3n) is 4.49. The average Bonchev–Trinajstić information content (AvgIpc) is 2.79. The Hall–Kier alpha value is -1.07. The Balaban J connectivity index is 1.52. The molecule has 2 aliphatic rings. The van der Waals surface area contributed by atoms with Gasteiger partial charge >= 0.3 is 0 Å². The quantitative estimate of drug-likeness (QED) is 0.924. The van der Waals surface area contributed by atoms with E-state index in [9.17, 15) is 8.42 Å². The lowest BCUT2D eigenvalue weighted by Crippen LogP contribution is -2.44. The highest BCUT2D eigenvalue weighted by Crippen LogP contribution is 2.22. The van der Waals surface area contributed by atoms with E-state index in [1.54, 1.807) is 0 Å². The molecule has 1 aromatic rings. The number of hydrogen-bond acceptors (Lipinski definition) is 4. The number of likely N-dealkylation sites (tertiary alicyclic amines) is 1. The third kappa shape index (κ3) is 4.20. The molecule has 2 unspecified atom stereocenters. The van der Waals surface area contributed by atoms with Crippen LogP contribution in [-0.2, 0) is 9.84 Å². The van der Waals surface area contributed by atoms with Crippen molar-refractivity contribution in [1.82, 2.24) is 4.90 Å². The van der Waals surface area contributed by atoms with Crippen molar-refractivity contribution < 1.29 is 8.42 Å². The van der Waals surface area contributed by atoms with Crippen molar-refractivity contribution >= 4 is 15.5 Å². The van der Waals surface area contributed by atoms with Gasteiger partial charge < -0.3 is 10.2 Å². The molecule has 2 fully saturated rings. The number of benzene rings is 1. The number of hydrogen-bond donors (Lipinski definition) is 1. The van der Waals surface area contributed by atoms with Gasteiger partial charge in [0.1, 0.15) is 0 Å². The normalized spacial score (nSPS) is 29.3. The molecule has 1 N–H and O–H groups in total. The smallest absolute Gasteiger partial charge is 0.150 e. The zero-order valence-electron chi connectivity index (χ0n) is 12.4. The van der Waals surface area contributed by atoms with Crippen molar-refractivity contribution in [2.75, 3.05) is 36.5 Å². The van der Waals surface area contributed by atoms with Gasteiger partial charge in [0.05, 0.1) is 11.5 Å². The Kier molecular flexibility index (Phi) is 4.50. The molecule has 2 saturated heterocycles. The van der Waals surface area contributed by atoms with Crippen LogP contribution in [0.5, 0.6) is 0 Å². The van der Waals surface area contributed by atoms with E-state index in [2.05, 4.69) is 22.3 Å².